The van der Waals surface area contributed by atoms with E-state index < -0.39 is 69.8 Å². The molecule has 2 atom stereocenters. The fourth-order valence-corrected chi connectivity index (χ4v) is 12.3. The Balaban J connectivity index is 2.08. The van der Waals surface area contributed by atoms with Crippen molar-refractivity contribution >= 4 is 18.0 Å². The van der Waals surface area contributed by atoms with Crippen LogP contribution in [0.25, 0.3) is 0 Å². The zero-order valence-corrected chi connectivity index (χ0v) is 17.7. The summed E-state index contributed by atoms with van der Waals surface area (Å²) in [6.07, 6.45) is -25.1. The van der Waals surface area contributed by atoms with Gasteiger partial charge in [-0.2, -0.15) is 0 Å². The van der Waals surface area contributed by atoms with Crippen LogP contribution in [0.1, 0.15) is 15.9 Å². The van der Waals surface area contributed by atoms with Gasteiger partial charge in [-0.05, 0) is 0 Å². The molecule has 2 aliphatic heterocycles. The number of hydrogen-bond donors (Lipinski definition) is 0. The summed E-state index contributed by atoms with van der Waals surface area (Å²) in [7, 11) is 0. The molecule has 0 amide bonds. The van der Waals surface area contributed by atoms with Gasteiger partial charge in [0.15, 0.2) is 0 Å². The molecule has 1 fully saturated rings. The fourth-order valence-electron chi connectivity index (χ4n) is 4.14. The van der Waals surface area contributed by atoms with Gasteiger partial charge in [-0.25, -0.2) is 0 Å². The summed E-state index contributed by atoms with van der Waals surface area (Å²) in [5.74, 6) is 0. The van der Waals surface area contributed by atoms with E-state index in [1.54, 1.807) is 0 Å². The van der Waals surface area contributed by atoms with Crippen LogP contribution in [0.2, 0.25) is 0 Å². The molecule has 2 aromatic rings. The third-order valence-corrected chi connectivity index (χ3v) is 12.2. The van der Waals surface area contributed by atoms with Crippen LogP contribution in [0.3, 0.4) is 0 Å². The average Bonchev–Trinajstić information content (AvgIpc) is 2.99. The number of benzene rings is 2. The van der Waals surface area contributed by atoms with Crippen molar-refractivity contribution < 1.29 is 60.3 Å². The van der Waals surface area contributed by atoms with Crippen molar-refractivity contribution in [3.05, 3.63) is 65.7 Å². The molecule has 2 aliphatic rings. The van der Waals surface area contributed by atoms with Crippen molar-refractivity contribution in [3.63, 3.8) is 0 Å². The van der Waals surface area contributed by atoms with Crippen molar-refractivity contribution in [2.45, 2.75) is 40.7 Å². The molecule has 1 spiro atoms. The summed E-state index contributed by atoms with van der Waals surface area (Å²) in [6, 6.07) is 7.20. The molecular formula is C19H10F12O2Se. The minimum atomic E-state index is -6.29. The first-order valence-corrected chi connectivity index (χ1v) is 12.3. The summed E-state index contributed by atoms with van der Waals surface area (Å²) >= 11 is -6.02. The molecule has 15 heteroatoms. The predicted molar refractivity (Wildman–Crippen MR) is 91.8 cm³/mol. The minimum absolute atomic E-state index is 0.315. The van der Waals surface area contributed by atoms with Crippen LogP contribution in [0, 0.1) is 0 Å². The Labute approximate surface area is 185 Å². The van der Waals surface area contributed by atoms with Gasteiger partial charge in [0, 0.05) is 0 Å². The number of halogens is 12. The van der Waals surface area contributed by atoms with Gasteiger partial charge in [-0.1, -0.05) is 0 Å². The van der Waals surface area contributed by atoms with E-state index in [2.05, 4.69) is 7.64 Å². The van der Waals surface area contributed by atoms with Gasteiger partial charge in [-0.15, -0.1) is 0 Å². The first-order valence-electron chi connectivity index (χ1n) is 9.01. The van der Waals surface area contributed by atoms with Gasteiger partial charge in [0.05, 0.1) is 0 Å². The van der Waals surface area contributed by atoms with E-state index in [0.717, 1.165) is 36.4 Å². The summed E-state index contributed by atoms with van der Waals surface area (Å²) in [6.45, 7) is 0. The zero-order chi connectivity index (χ0) is 25.6. The van der Waals surface area contributed by atoms with Gasteiger partial charge in [0.25, 0.3) is 0 Å². The topological polar surface area (TPSA) is 18.5 Å². The van der Waals surface area contributed by atoms with Crippen LogP contribution in [-0.4, -0.2) is 43.8 Å². The number of hydrogen-bond acceptors (Lipinski definition) is 2. The molecule has 1 saturated heterocycles. The van der Waals surface area contributed by atoms with Crippen LogP contribution >= 0.6 is 0 Å². The molecule has 0 aliphatic carbocycles. The van der Waals surface area contributed by atoms with Crippen LogP contribution in [-0.2, 0) is 13.2 Å². The van der Waals surface area contributed by atoms with E-state index in [1.807, 2.05) is 0 Å². The monoisotopic (exact) mass is 578 g/mol. The SMILES string of the molecule is FC(F)(F)C1(C(F)(F)F)O[Se]2(OC(C(F)(F)F)(C(F)(F)F)[C@@H]2c2ccccc2)c2ccccc21. The first-order chi connectivity index (χ1) is 15.4. The standard InChI is InChI=1S/C19H10F12O2Se/c20-16(21,22)14(17(23,24)25)11-8-4-5-9-12(11)34(32-14)13(10-6-2-1-3-7-10)15(33-34,18(26,27)28)19(29,30)31/h1-9,13H/t13-/m0/s1. The van der Waals surface area contributed by atoms with Crippen LogP contribution in [0.4, 0.5) is 52.7 Å². The average molecular weight is 577 g/mol. The van der Waals surface area contributed by atoms with Crippen molar-refractivity contribution in [1.29, 1.82) is 0 Å². The van der Waals surface area contributed by atoms with Gasteiger partial charge in [0.2, 0.25) is 0 Å². The Hall–Kier alpha value is -1.96. The van der Waals surface area contributed by atoms with Crippen molar-refractivity contribution in [3.8, 4) is 0 Å². The molecule has 0 bridgehead atoms. The summed E-state index contributed by atoms with van der Waals surface area (Å²) in [5, 5.41) is 0. The Morgan fingerprint density at radius 3 is 1.53 bits per heavy atom. The molecule has 188 valence electrons. The maximum absolute atomic E-state index is 14.0. The van der Waals surface area contributed by atoms with E-state index in [4.69, 9.17) is 0 Å². The first kappa shape index (κ1) is 25.1. The van der Waals surface area contributed by atoms with Crippen LogP contribution in [0.5, 0.6) is 0 Å². The molecule has 2 aromatic carbocycles. The normalized spacial score (nSPS) is 28.2. The zero-order valence-electron chi connectivity index (χ0n) is 16.0. The molecule has 0 aromatic heterocycles. The third kappa shape index (κ3) is 2.93. The molecule has 4 rings (SSSR count). The second-order valence-corrected chi connectivity index (χ2v) is 12.3. The van der Waals surface area contributed by atoms with Crippen molar-refractivity contribution in [1.82, 2.24) is 0 Å². The quantitative estimate of drug-likeness (QED) is 0.311. The van der Waals surface area contributed by atoms with Gasteiger partial charge < -0.3 is 0 Å². The molecule has 0 radical (unpaired) electrons. The number of fused-ring (bicyclic) bond motifs is 2. The molecule has 0 saturated carbocycles. The molecule has 2 nitrogen and oxygen atoms in total. The van der Waals surface area contributed by atoms with Crippen LogP contribution < -0.4 is 4.46 Å². The molecular weight excluding hydrogens is 567 g/mol. The second kappa shape index (κ2) is 7.05. The number of alkyl halides is 12. The second-order valence-electron chi connectivity index (χ2n) is 7.41. The summed E-state index contributed by atoms with van der Waals surface area (Å²) in [4.78, 5) is -3.04. The van der Waals surface area contributed by atoms with E-state index in [-0.39, 0.29) is 0 Å². The number of rotatable bonds is 1. The van der Waals surface area contributed by atoms with Crippen molar-refractivity contribution in [2.24, 2.45) is 0 Å². The Morgan fingerprint density at radius 1 is 0.588 bits per heavy atom. The van der Waals surface area contributed by atoms with Crippen LogP contribution in [0.15, 0.2) is 54.6 Å². The Morgan fingerprint density at radius 2 is 1.06 bits per heavy atom. The molecule has 0 N–H and O–H groups in total. The predicted octanol–water partition coefficient (Wildman–Crippen LogP) is 5.90. The summed E-state index contributed by atoms with van der Waals surface area (Å²) in [5.41, 5.74) is -12.7. The molecule has 2 heterocycles. The van der Waals surface area contributed by atoms with Gasteiger partial charge in [0.1, 0.15) is 0 Å². The third-order valence-electron chi connectivity index (χ3n) is 5.50. The van der Waals surface area contributed by atoms with E-state index in [1.165, 1.54) is 6.07 Å². The Kier molecular flexibility index (Phi) is 5.21. The maximum atomic E-state index is 14.0. The van der Waals surface area contributed by atoms with E-state index >= 15 is 0 Å². The molecule has 1 unspecified atom stereocenters. The van der Waals surface area contributed by atoms with E-state index in [0.29, 0.717) is 12.1 Å². The molecule has 34 heavy (non-hydrogen) atoms. The van der Waals surface area contributed by atoms with E-state index in [9.17, 15) is 52.7 Å². The fraction of sp³-hybridized carbons (Fsp3) is 0.368. The van der Waals surface area contributed by atoms with Gasteiger partial charge in [-0.3, -0.25) is 0 Å². The Bertz CT molecular complexity index is 1060. The summed E-state index contributed by atoms with van der Waals surface area (Å²) < 4.78 is 175. The van der Waals surface area contributed by atoms with Gasteiger partial charge >= 0.3 is 185 Å². The van der Waals surface area contributed by atoms with Crippen molar-refractivity contribution in [2.75, 3.05) is 0 Å².